The van der Waals surface area contributed by atoms with Gasteiger partial charge in [-0.3, -0.25) is 9.10 Å². The van der Waals surface area contributed by atoms with E-state index in [1.54, 1.807) is 30.3 Å². The van der Waals surface area contributed by atoms with Crippen molar-refractivity contribution in [3.05, 3.63) is 60.2 Å². The number of benzene rings is 3. The van der Waals surface area contributed by atoms with Gasteiger partial charge in [0.25, 0.3) is 10.0 Å². The third-order valence-electron chi connectivity index (χ3n) is 5.97. The Hall–Kier alpha value is -4.32. The summed E-state index contributed by atoms with van der Waals surface area (Å²) in [7, 11) is 2.94. The van der Waals surface area contributed by atoms with Crippen molar-refractivity contribution in [3.63, 3.8) is 0 Å². The van der Waals surface area contributed by atoms with Gasteiger partial charge in [0.2, 0.25) is 5.91 Å². The van der Waals surface area contributed by atoms with Crippen molar-refractivity contribution in [2.24, 2.45) is 0 Å². The van der Waals surface area contributed by atoms with E-state index >= 15 is 0 Å². The number of rotatable bonds is 14. The van der Waals surface area contributed by atoms with Crippen molar-refractivity contribution in [2.75, 3.05) is 46.4 Å². The van der Waals surface area contributed by atoms with Crippen LogP contribution in [0.15, 0.2) is 59.5 Å². The zero-order valence-electron chi connectivity index (χ0n) is 24.2. The Morgan fingerprint density at radius 3 is 1.98 bits per heavy atom. The fourth-order valence-corrected chi connectivity index (χ4v) is 5.40. The number of sulfonamides is 1. The molecule has 1 amide bonds. The Bertz CT molecular complexity index is 1460. The summed E-state index contributed by atoms with van der Waals surface area (Å²) in [6.45, 7) is 3.39. The molecule has 0 spiro atoms. The van der Waals surface area contributed by atoms with Crippen LogP contribution in [-0.2, 0) is 21.4 Å². The average molecular weight is 589 g/mol. The lowest BCUT2D eigenvalue weighted by Gasteiger charge is -2.26. The van der Waals surface area contributed by atoms with Crippen molar-refractivity contribution in [1.29, 1.82) is 0 Å². The minimum absolute atomic E-state index is 0.0401. The Morgan fingerprint density at radius 1 is 0.756 bits per heavy atom. The van der Waals surface area contributed by atoms with E-state index in [0.29, 0.717) is 23.0 Å². The summed E-state index contributed by atoms with van der Waals surface area (Å²) in [6.07, 6.45) is -0.0401. The van der Waals surface area contributed by atoms with E-state index in [0.717, 1.165) is 9.87 Å². The monoisotopic (exact) mass is 588 g/mol. The molecule has 0 heterocycles. The van der Waals surface area contributed by atoms with Crippen molar-refractivity contribution in [3.8, 4) is 34.5 Å². The van der Waals surface area contributed by atoms with Gasteiger partial charge < -0.3 is 33.7 Å². The van der Waals surface area contributed by atoms with Crippen LogP contribution in [0.1, 0.15) is 19.4 Å². The second-order valence-electron chi connectivity index (χ2n) is 8.99. The number of anilines is 1. The average Bonchev–Trinajstić information content (AvgIpc) is 2.98. The SMILES string of the molecule is COc1ccc(OC)c(N(CC(=O)NCc2ccc(OC(C)C)c(OC)c2)S(=O)(=O)c2ccc(OC)c(OC)c2)c1. The van der Waals surface area contributed by atoms with Crippen LogP contribution in [0.2, 0.25) is 0 Å². The van der Waals surface area contributed by atoms with Gasteiger partial charge in [0.1, 0.15) is 18.0 Å². The lowest BCUT2D eigenvalue weighted by atomic mass is 10.2. The molecular weight excluding hydrogens is 552 g/mol. The quantitative estimate of drug-likeness (QED) is 0.297. The van der Waals surface area contributed by atoms with Gasteiger partial charge in [0.15, 0.2) is 23.0 Å². The second kappa shape index (κ2) is 13.8. The number of amides is 1. The molecule has 3 aromatic rings. The van der Waals surface area contributed by atoms with Gasteiger partial charge in [-0.1, -0.05) is 6.07 Å². The van der Waals surface area contributed by atoms with Crippen molar-refractivity contribution < 1.29 is 41.6 Å². The molecule has 0 aliphatic heterocycles. The molecule has 0 radical (unpaired) electrons. The Balaban J connectivity index is 1.96. The highest BCUT2D eigenvalue weighted by Crippen LogP contribution is 2.37. The van der Waals surface area contributed by atoms with E-state index in [1.165, 1.54) is 59.8 Å². The first-order valence-corrected chi connectivity index (χ1v) is 14.1. The molecule has 222 valence electrons. The molecule has 3 aromatic carbocycles. The third-order valence-corrected chi connectivity index (χ3v) is 7.72. The number of hydrogen-bond acceptors (Lipinski definition) is 9. The van der Waals surface area contributed by atoms with Gasteiger partial charge in [0, 0.05) is 18.7 Å². The van der Waals surface area contributed by atoms with Crippen LogP contribution in [0.5, 0.6) is 34.5 Å². The molecule has 41 heavy (non-hydrogen) atoms. The predicted octanol–water partition coefficient (Wildman–Crippen LogP) is 4.03. The Kier molecular flexibility index (Phi) is 10.5. The molecule has 0 saturated heterocycles. The summed E-state index contributed by atoms with van der Waals surface area (Å²) in [5.41, 5.74) is 0.855. The van der Waals surface area contributed by atoms with Gasteiger partial charge in [-0.05, 0) is 55.8 Å². The number of carbonyl (C=O) groups excluding carboxylic acids is 1. The van der Waals surface area contributed by atoms with E-state index in [1.807, 2.05) is 13.8 Å². The maximum absolute atomic E-state index is 14.0. The molecule has 1 N–H and O–H groups in total. The molecule has 12 heteroatoms. The normalized spacial score (nSPS) is 11.0. The van der Waals surface area contributed by atoms with Crippen LogP contribution < -0.4 is 38.0 Å². The number of nitrogens with one attached hydrogen (secondary N) is 1. The number of nitrogens with zero attached hydrogens (tertiary/aromatic N) is 1. The van der Waals surface area contributed by atoms with E-state index in [-0.39, 0.29) is 34.7 Å². The van der Waals surface area contributed by atoms with Crippen LogP contribution >= 0.6 is 0 Å². The largest absolute Gasteiger partial charge is 0.497 e. The highest BCUT2D eigenvalue weighted by atomic mass is 32.2. The predicted molar refractivity (Wildman–Crippen MR) is 154 cm³/mol. The molecule has 0 saturated carbocycles. The summed E-state index contributed by atoms with van der Waals surface area (Å²) in [6, 6.07) is 14.2. The standard InChI is InChI=1S/C29H36N2O9S/c1-19(2)40-26-11-8-20(14-27(26)38-6)17-30-29(32)18-31(23-15-21(35-3)9-12-24(23)36-4)41(33,34)22-10-13-25(37-5)28(16-22)39-7/h8-16,19H,17-18H2,1-7H3,(H,30,32). The van der Waals surface area contributed by atoms with Crippen molar-refractivity contribution >= 4 is 21.6 Å². The number of methoxy groups -OCH3 is 5. The molecule has 0 aliphatic rings. The first-order valence-electron chi connectivity index (χ1n) is 12.6. The topological polar surface area (TPSA) is 122 Å². The summed E-state index contributed by atoms with van der Waals surface area (Å²) in [4.78, 5) is 13.1. The highest BCUT2D eigenvalue weighted by Gasteiger charge is 2.31. The van der Waals surface area contributed by atoms with Gasteiger partial charge >= 0.3 is 0 Å². The van der Waals surface area contributed by atoms with E-state index in [4.69, 9.17) is 28.4 Å². The maximum Gasteiger partial charge on any atom is 0.265 e. The Morgan fingerprint density at radius 2 is 1.37 bits per heavy atom. The molecule has 0 fully saturated rings. The van der Waals surface area contributed by atoms with Crippen LogP contribution in [0, 0.1) is 0 Å². The van der Waals surface area contributed by atoms with Gasteiger partial charge in [0.05, 0.1) is 52.2 Å². The van der Waals surface area contributed by atoms with Gasteiger partial charge in [-0.2, -0.15) is 0 Å². The fraction of sp³-hybridized carbons (Fsp3) is 0.345. The smallest absolute Gasteiger partial charge is 0.265 e. The lowest BCUT2D eigenvalue weighted by Crippen LogP contribution is -2.41. The van der Waals surface area contributed by atoms with Crippen LogP contribution in [-0.4, -0.2) is 62.5 Å². The highest BCUT2D eigenvalue weighted by molar-refractivity contribution is 7.92. The first kappa shape index (κ1) is 31.2. The molecule has 0 aromatic heterocycles. The fourth-order valence-electron chi connectivity index (χ4n) is 3.96. The van der Waals surface area contributed by atoms with E-state index in [2.05, 4.69) is 5.32 Å². The third kappa shape index (κ3) is 7.46. The minimum Gasteiger partial charge on any atom is -0.497 e. The lowest BCUT2D eigenvalue weighted by molar-refractivity contribution is -0.119. The Labute approximate surface area is 240 Å². The minimum atomic E-state index is -4.31. The van der Waals surface area contributed by atoms with E-state index < -0.39 is 22.5 Å². The molecular formula is C29H36N2O9S. The van der Waals surface area contributed by atoms with E-state index in [9.17, 15) is 13.2 Å². The van der Waals surface area contributed by atoms with Crippen LogP contribution in [0.25, 0.3) is 0 Å². The van der Waals surface area contributed by atoms with Crippen LogP contribution in [0.4, 0.5) is 5.69 Å². The summed E-state index contributed by atoms with van der Waals surface area (Å²) in [5.74, 6) is 1.72. The number of carbonyl (C=O) groups is 1. The van der Waals surface area contributed by atoms with Crippen LogP contribution in [0.3, 0.4) is 0 Å². The zero-order chi connectivity index (χ0) is 30.2. The molecule has 11 nitrogen and oxygen atoms in total. The summed E-state index contributed by atoms with van der Waals surface area (Å²) in [5, 5.41) is 2.78. The number of ether oxygens (including phenoxy) is 6. The zero-order valence-corrected chi connectivity index (χ0v) is 25.0. The molecule has 0 unspecified atom stereocenters. The maximum atomic E-state index is 14.0. The summed E-state index contributed by atoms with van der Waals surface area (Å²) < 4.78 is 61.5. The van der Waals surface area contributed by atoms with Gasteiger partial charge in [-0.25, -0.2) is 8.42 Å². The first-order chi connectivity index (χ1) is 19.6. The van der Waals surface area contributed by atoms with Gasteiger partial charge in [-0.15, -0.1) is 0 Å². The molecule has 0 atom stereocenters. The number of hydrogen-bond donors (Lipinski definition) is 1. The molecule has 0 aliphatic carbocycles. The second-order valence-corrected chi connectivity index (χ2v) is 10.9. The molecule has 0 bridgehead atoms. The van der Waals surface area contributed by atoms with Crippen molar-refractivity contribution in [2.45, 2.75) is 31.4 Å². The van der Waals surface area contributed by atoms with Crippen molar-refractivity contribution in [1.82, 2.24) is 5.32 Å². The summed E-state index contributed by atoms with van der Waals surface area (Å²) >= 11 is 0. The molecule has 3 rings (SSSR count).